The molecule has 10 heteroatoms. The summed E-state index contributed by atoms with van der Waals surface area (Å²) in [4.78, 5) is 43.8. The Hall–Kier alpha value is -3.53. The highest BCUT2D eigenvalue weighted by molar-refractivity contribution is 5.98. The van der Waals surface area contributed by atoms with Crippen molar-refractivity contribution in [3.63, 3.8) is 0 Å². The largest absolute Gasteiger partial charge is 0.343 e. The normalized spacial score (nSPS) is 24.5. The summed E-state index contributed by atoms with van der Waals surface area (Å²) in [6.07, 6.45) is 9.93. The molecule has 2 N–H and O–H groups in total. The summed E-state index contributed by atoms with van der Waals surface area (Å²) in [5.74, 6) is 1.64. The topological polar surface area (TPSA) is 108 Å². The van der Waals surface area contributed by atoms with Gasteiger partial charge in [0.1, 0.15) is 17.2 Å². The van der Waals surface area contributed by atoms with Crippen LogP contribution in [-0.2, 0) is 0 Å². The summed E-state index contributed by atoms with van der Waals surface area (Å²) in [6, 6.07) is 6.53. The zero-order valence-corrected chi connectivity index (χ0v) is 24.9. The molecule has 2 bridgehead atoms. The second-order valence-electron chi connectivity index (χ2n) is 13.3. The number of nitrogens with zero attached hydrogens (tertiary/aromatic N) is 6. The molecule has 2 amide bonds. The van der Waals surface area contributed by atoms with Gasteiger partial charge in [-0.1, -0.05) is 20.8 Å². The van der Waals surface area contributed by atoms with E-state index >= 15 is 0 Å². The lowest BCUT2D eigenvalue weighted by Crippen LogP contribution is -2.53. The number of likely N-dealkylation sites (tertiary alicyclic amines) is 1. The maximum Gasteiger partial charge on any atom is 0.270 e. The average Bonchev–Trinajstić information content (AvgIpc) is 3.50. The SMILES string of the molecule is CN(C)C(=O)c1cc2cnc(Nc3ccc(C(=O)N4C[C@H]5CC[C@H](C4)N5)cn3)nc2n1C1CCC(C(C)(C)C)CC1. The lowest BCUT2D eigenvalue weighted by Gasteiger charge is -2.38. The number of aromatic nitrogens is 4. The van der Waals surface area contributed by atoms with E-state index in [1.54, 1.807) is 37.5 Å². The maximum atomic E-state index is 13.2. The van der Waals surface area contributed by atoms with E-state index in [9.17, 15) is 9.59 Å². The lowest BCUT2D eigenvalue weighted by molar-refractivity contribution is 0.0697. The fourth-order valence-corrected chi connectivity index (χ4v) is 6.89. The van der Waals surface area contributed by atoms with Gasteiger partial charge in [0.2, 0.25) is 5.95 Å². The first-order valence-corrected chi connectivity index (χ1v) is 14.9. The van der Waals surface area contributed by atoms with Crippen LogP contribution < -0.4 is 10.6 Å². The number of pyridine rings is 1. The second kappa shape index (κ2) is 10.7. The summed E-state index contributed by atoms with van der Waals surface area (Å²) < 4.78 is 2.14. The van der Waals surface area contributed by atoms with E-state index in [0.717, 1.165) is 62.6 Å². The third-order valence-corrected chi connectivity index (χ3v) is 9.24. The molecule has 218 valence electrons. The fourth-order valence-electron chi connectivity index (χ4n) is 6.89. The van der Waals surface area contributed by atoms with Crippen molar-refractivity contribution in [2.24, 2.45) is 11.3 Å². The third kappa shape index (κ3) is 5.54. The monoisotopic (exact) mass is 558 g/mol. The molecule has 3 aromatic heterocycles. The molecule has 10 nitrogen and oxygen atoms in total. The van der Waals surface area contributed by atoms with Crippen molar-refractivity contribution in [1.29, 1.82) is 0 Å². The molecule has 0 spiro atoms. The van der Waals surface area contributed by atoms with Crippen molar-refractivity contribution >= 4 is 34.6 Å². The first-order valence-electron chi connectivity index (χ1n) is 14.9. The van der Waals surface area contributed by atoms with Gasteiger partial charge in [-0.3, -0.25) is 9.59 Å². The van der Waals surface area contributed by atoms with Crippen LogP contribution in [-0.4, -0.2) is 80.4 Å². The number of amides is 2. The quantitative estimate of drug-likeness (QED) is 0.470. The fraction of sp³-hybridized carbons (Fsp3) is 0.581. The third-order valence-electron chi connectivity index (χ3n) is 9.24. The molecule has 1 aliphatic carbocycles. The Morgan fingerprint density at radius 1 is 0.976 bits per heavy atom. The molecule has 5 heterocycles. The number of carbonyl (C=O) groups excluding carboxylic acids is 2. The van der Waals surface area contributed by atoms with Gasteiger partial charge in [0.15, 0.2) is 0 Å². The standard InChI is InChI=1S/C31H42N8O2/c1-31(2,3)21-7-11-24(12-8-21)39-25(29(41)37(4)5)14-20-16-33-30(36-27(20)39)35-26-13-6-19(15-32-26)28(40)38-17-22-9-10-23(18-38)34-22/h6,13-16,21-24,34H,7-12,17-18H2,1-5H3,(H,32,33,35,36)/t21?,22-,23-,24?/m1/s1. The van der Waals surface area contributed by atoms with Crippen LogP contribution in [0.25, 0.3) is 11.0 Å². The van der Waals surface area contributed by atoms with Gasteiger partial charge in [0.25, 0.3) is 11.8 Å². The van der Waals surface area contributed by atoms with Crippen molar-refractivity contribution in [1.82, 2.24) is 34.6 Å². The maximum absolute atomic E-state index is 13.2. The Balaban J connectivity index is 1.23. The minimum Gasteiger partial charge on any atom is -0.343 e. The number of hydrogen-bond acceptors (Lipinski definition) is 7. The Morgan fingerprint density at radius 2 is 1.68 bits per heavy atom. The van der Waals surface area contributed by atoms with E-state index in [2.05, 4.69) is 45.9 Å². The molecule has 0 radical (unpaired) electrons. The first kappa shape index (κ1) is 27.6. The molecule has 1 saturated carbocycles. The highest BCUT2D eigenvalue weighted by Gasteiger charge is 2.35. The van der Waals surface area contributed by atoms with Crippen LogP contribution in [0.3, 0.4) is 0 Å². The van der Waals surface area contributed by atoms with Crippen LogP contribution in [0.1, 0.15) is 86.2 Å². The van der Waals surface area contributed by atoms with Gasteiger partial charge in [-0.2, -0.15) is 4.98 Å². The van der Waals surface area contributed by atoms with Gasteiger partial charge < -0.3 is 25.0 Å². The summed E-state index contributed by atoms with van der Waals surface area (Å²) in [6.45, 7) is 8.46. The molecule has 3 fully saturated rings. The number of fused-ring (bicyclic) bond motifs is 3. The van der Waals surface area contributed by atoms with Crippen LogP contribution in [0.15, 0.2) is 30.6 Å². The van der Waals surface area contributed by atoms with Gasteiger partial charge in [0.05, 0.1) is 5.56 Å². The molecule has 3 aliphatic rings. The van der Waals surface area contributed by atoms with Crippen LogP contribution in [0.2, 0.25) is 0 Å². The second-order valence-corrected chi connectivity index (χ2v) is 13.3. The van der Waals surface area contributed by atoms with E-state index in [4.69, 9.17) is 4.98 Å². The molecular weight excluding hydrogens is 516 g/mol. The zero-order valence-electron chi connectivity index (χ0n) is 24.9. The Kier molecular flexibility index (Phi) is 7.21. The number of rotatable bonds is 5. The molecule has 3 aromatic rings. The highest BCUT2D eigenvalue weighted by atomic mass is 16.2. The molecule has 0 unspecified atom stereocenters. The van der Waals surface area contributed by atoms with E-state index < -0.39 is 0 Å². The van der Waals surface area contributed by atoms with Crippen molar-refractivity contribution in [3.05, 3.63) is 41.9 Å². The lowest BCUT2D eigenvalue weighted by atomic mass is 9.71. The minimum atomic E-state index is -0.0325. The molecule has 2 aliphatic heterocycles. The van der Waals surface area contributed by atoms with Gasteiger partial charge in [-0.05, 0) is 68.1 Å². The zero-order chi connectivity index (χ0) is 28.9. The molecule has 41 heavy (non-hydrogen) atoms. The van der Waals surface area contributed by atoms with E-state index in [0.29, 0.717) is 41.0 Å². The van der Waals surface area contributed by atoms with Crippen LogP contribution in [0.5, 0.6) is 0 Å². The number of hydrogen-bond donors (Lipinski definition) is 2. The van der Waals surface area contributed by atoms with Crippen LogP contribution in [0.4, 0.5) is 11.8 Å². The summed E-state index contributed by atoms with van der Waals surface area (Å²) in [5.41, 5.74) is 2.27. The summed E-state index contributed by atoms with van der Waals surface area (Å²) >= 11 is 0. The van der Waals surface area contributed by atoms with Gasteiger partial charge >= 0.3 is 0 Å². The van der Waals surface area contributed by atoms with Gasteiger partial charge in [-0.15, -0.1) is 0 Å². The smallest absolute Gasteiger partial charge is 0.270 e. The van der Waals surface area contributed by atoms with Crippen LogP contribution >= 0.6 is 0 Å². The number of anilines is 2. The summed E-state index contributed by atoms with van der Waals surface area (Å²) in [5, 5.41) is 7.62. The Morgan fingerprint density at radius 3 is 2.29 bits per heavy atom. The Labute approximate surface area is 241 Å². The predicted octanol–water partition coefficient (Wildman–Crippen LogP) is 4.63. The number of nitrogens with one attached hydrogen (secondary N) is 2. The number of carbonyl (C=O) groups is 2. The molecule has 0 aromatic carbocycles. The predicted molar refractivity (Wildman–Crippen MR) is 159 cm³/mol. The van der Waals surface area contributed by atoms with E-state index in [1.165, 1.54) is 0 Å². The minimum absolute atomic E-state index is 0.0252. The van der Waals surface area contributed by atoms with E-state index in [1.807, 2.05) is 17.0 Å². The van der Waals surface area contributed by atoms with Gasteiger partial charge in [-0.25, -0.2) is 9.97 Å². The highest BCUT2D eigenvalue weighted by Crippen LogP contribution is 2.43. The molecule has 2 atom stereocenters. The average molecular weight is 559 g/mol. The van der Waals surface area contributed by atoms with Crippen molar-refractivity contribution in [2.75, 3.05) is 32.5 Å². The summed E-state index contributed by atoms with van der Waals surface area (Å²) in [7, 11) is 3.57. The molecule has 2 saturated heterocycles. The van der Waals surface area contributed by atoms with Crippen molar-refractivity contribution in [3.8, 4) is 0 Å². The number of piperazine rings is 1. The Bertz CT molecular complexity index is 1420. The molecule has 6 rings (SSSR count). The molecular formula is C31H42N8O2. The van der Waals surface area contributed by atoms with E-state index in [-0.39, 0.29) is 23.3 Å². The van der Waals surface area contributed by atoms with Gasteiger partial charge in [0, 0.05) is 63.1 Å². The first-order chi connectivity index (χ1) is 19.6. The van der Waals surface area contributed by atoms with Crippen molar-refractivity contribution in [2.45, 2.75) is 77.4 Å². The van der Waals surface area contributed by atoms with Crippen molar-refractivity contribution < 1.29 is 9.59 Å². The van der Waals surface area contributed by atoms with Crippen LogP contribution in [0, 0.1) is 11.3 Å².